The number of esters is 1. The fourth-order valence-electron chi connectivity index (χ4n) is 4.74. The van der Waals surface area contributed by atoms with Gasteiger partial charge in [-0.1, -0.05) is 48.1 Å². The molecule has 2 heterocycles. The van der Waals surface area contributed by atoms with Gasteiger partial charge in [0.15, 0.2) is 18.7 Å². The number of hydrogen-bond acceptors (Lipinski definition) is 11. The van der Waals surface area contributed by atoms with Crippen molar-refractivity contribution in [3.63, 3.8) is 0 Å². The summed E-state index contributed by atoms with van der Waals surface area (Å²) in [7, 11) is 0. The zero-order valence-corrected chi connectivity index (χ0v) is 24.5. The van der Waals surface area contributed by atoms with Crippen LogP contribution in [0.2, 0.25) is 0 Å². The van der Waals surface area contributed by atoms with Crippen molar-refractivity contribution >= 4 is 12.0 Å². The fourth-order valence-corrected chi connectivity index (χ4v) is 4.74. The number of ether oxygens (including phenoxy) is 5. The first-order valence-corrected chi connectivity index (χ1v) is 14.1. The largest absolute Gasteiger partial charge is 0.453 e. The van der Waals surface area contributed by atoms with Gasteiger partial charge < -0.3 is 49.2 Å². The van der Waals surface area contributed by atoms with Gasteiger partial charge in [-0.2, -0.15) is 0 Å². The number of allylic oxidation sites excluding steroid dienone is 2. The quantitative estimate of drug-likeness (QED) is 0.136. The Morgan fingerprint density at radius 2 is 1.69 bits per heavy atom. The average molecular weight is 593 g/mol. The van der Waals surface area contributed by atoms with E-state index in [4.69, 9.17) is 23.7 Å². The third-order valence-electron chi connectivity index (χ3n) is 7.37. The third kappa shape index (κ3) is 8.79. The zero-order valence-electron chi connectivity index (χ0n) is 24.5. The van der Waals surface area contributed by atoms with Gasteiger partial charge in [-0.3, -0.25) is 0 Å². The minimum Gasteiger partial charge on any atom is -0.453 e. The molecule has 0 bridgehead atoms. The summed E-state index contributed by atoms with van der Waals surface area (Å²) < 4.78 is 29.2. The van der Waals surface area contributed by atoms with E-state index in [0.29, 0.717) is 12.8 Å². The van der Waals surface area contributed by atoms with Crippen LogP contribution >= 0.6 is 0 Å². The zero-order chi connectivity index (χ0) is 31.0. The van der Waals surface area contributed by atoms with Crippen LogP contribution in [0.1, 0.15) is 46.1 Å². The number of aliphatic hydroxyl groups excluding tert-OH is 5. The second-order valence-electron chi connectivity index (χ2n) is 11.1. The van der Waals surface area contributed by atoms with Gasteiger partial charge in [-0.05, 0) is 52.2 Å². The lowest BCUT2D eigenvalue weighted by Gasteiger charge is -2.47. The summed E-state index contributed by atoms with van der Waals surface area (Å²) in [5, 5.41) is 52.7. The van der Waals surface area contributed by atoms with Crippen LogP contribution in [0.5, 0.6) is 0 Å². The Hall–Kier alpha value is -2.45. The van der Waals surface area contributed by atoms with Gasteiger partial charge in [-0.15, -0.1) is 6.58 Å². The molecule has 0 aromatic heterocycles. The summed E-state index contributed by atoms with van der Waals surface area (Å²) in [6.45, 7) is 10.4. The molecule has 2 aliphatic heterocycles. The van der Waals surface area contributed by atoms with Crippen molar-refractivity contribution in [1.82, 2.24) is 0 Å². The number of benzene rings is 1. The van der Waals surface area contributed by atoms with Gasteiger partial charge in [0.1, 0.15) is 36.6 Å². The van der Waals surface area contributed by atoms with E-state index in [-0.39, 0.29) is 0 Å². The molecule has 0 aliphatic carbocycles. The van der Waals surface area contributed by atoms with E-state index in [1.165, 1.54) is 19.1 Å². The number of hydrogen-bond donors (Lipinski definition) is 5. The molecule has 3 rings (SSSR count). The van der Waals surface area contributed by atoms with Crippen molar-refractivity contribution in [3.05, 3.63) is 66.3 Å². The molecule has 0 amide bonds. The van der Waals surface area contributed by atoms with E-state index in [2.05, 4.69) is 6.58 Å². The standard InChI is InChI=1S/C31H44O11/c1-6-31(5,16-10-11-18(2)3)42-30-26(37)28(41-29-25(36)24(35)23(34)19(4)38-29)27(21(17-32)39-30)40-22(33)15-14-20-12-8-7-9-13-20/h6-9,11-15,19,21,23-30,32,34-37H,1,10,16-17H2,2-5H3/b15-14-/t19-,21+,23-,24+,25+,26+,27+,28+,29-,30-,31+/m0/s1. The maximum Gasteiger partial charge on any atom is 0.331 e. The van der Waals surface area contributed by atoms with Crippen LogP contribution in [-0.2, 0) is 28.5 Å². The van der Waals surface area contributed by atoms with Crippen molar-refractivity contribution in [2.45, 2.75) is 108 Å². The van der Waals surface area contributed by atoms with Crippen LogP contribution in [0.4, 0.5) is 0 Å². The summed E-state index contributed by atoms with van der Waals surface area (Å²) >= 11 is 0. The second-order valence-corrected chi connectivity index (χ2v) is 11.1. The van der Waals surface area contributed by atoms with Gasteiger partial charge in [0.25, 0.3) is 0 Å². The lowest BCUT2D eigenvalue weighted by molar-refractivity contribution is -0.364. The van der Waals surface area contributed by atoms with Gasteiger partial charge in [-0.25, -0.2) is 4.79 Å². The highest BCUT2D eigenvalue weighted by atomic mass is 16.7. The first-order chi connectivity index (χ1) is 19.9. The van der Waals surface area contributed by atoms with Crippen molar-refractivity contribution in [2.75, 3.05) is 6.61 Å². The van der Waals surface area contributed by atoms with Gasteiger partial charge in [0.2, 0.25) is 0 Å². The molecule has 2 aliphatic rings. The molecular formula is C31H44O11. The van der Waals surface area contributed by atoms with Crippen LogP contribution in [-0.4, -0.2) is 105 Å². The molecule has 0 radical (unpaired) electrons. The molecule has 11 heteroatoms. The Labute approximate surface area is 246 Å². The highest BCUT2D eigenvalue weighted by Crippen LogP contribution is 2.34. The number of carbonyl (C=O) groups is 1. The normalized spacial score (nSPS) is 34.9. The van der Waals surface area contributed by atoms with E-state index < -0.39 is 79.6 Å². The Morgan fingerprint density at radius 1 is 1.00 bits per heavy atom. The monoisotopic (exact) mass is 592 g/mol. The summed E-state index contributed by atoms with van der Waals surface area (Å²) in [6, 6.07) is 9.03. The molecule has 11 atom stereocenters. The molecule has 42 heavy (non-hydrogen) atoms. The van der Waals surface area contributed by atoms with Gasteiger partial charge >= 0.3 is 5.97 Å². The second kappa shape index (κ2) is 15.3. The summed E-state index contributed by atoms with van der Waals surface area (Å²) in [6.07, 6.45) is -6.67. The fraction of sp³-hybridized carbons (Fsp3) is 0.581. The number of rotatable bonds is 12. The summed E-state index contributed by atoms with van der Waals surface area (Å²) in [5.74, 6) is -0.808. The van der Waals surface area contributed by atoms with Gasteiger partial charge in [0, 0.05) is 6.08 Å². The van der Waals surface area contributed by atoms with E-state index in [9.17, 15) is 30.3 Å². The molecule has 234 valence electrons. The number of carbonyl (C=O) groups excluding carboxylic acids is 1. The molecule has 11 nitrogen and oxygen atoms in total. The molecule has 0 saturated carbocycles. The first-order valence-electron chi connectivity index (χ1n) is 14.1. The molecule has 0 spiro atoms. The average Bonchev–Trinajstić information content (AvgIpc) is 2.97. The number of aliphatic hydroxyl groups is 5. The van der Waals surface area contributed by atoms with E-state index >= 15 is 0 Å². The third-order valence-corrected chi connectivity index (χ3v) is 7.37. The molecule has 2 fully saturated rings. The highest BCUT2D eigenvalue weighted by molar-refractivity contribution is 5.87. The van der Waals surface area contributed by atoms with E-state index in [0.717, 1.165) is 11.1 Å². The molecular weight excluding hydrogens is 548 g/mol. The van der Waals surface area contributed by atoms with Crippen molar-refractivity contribution in [1.29, 1.82) is 0 Å². The first kappa shape index (κ1) is 34.0. The van der Waals surface area contributed by atoms with Crippen LogP contribution in [0.25, 0.3) is 6.08 Å². The molecule has 1 aromatic carbocycles. The Morgan fingerprint density at radius 3 is 2.31 bits per heavy atom. The molecule has 5 N–H and O–H groups in total. The highest BCUT2D eigenvalue weighted by Gasteiger charge is 2.53. The Balaban J connectivity index is 1.88. The van der Waals surface area contributed by atoms with E-state index in [1.807, 2.05) is 26.0 Å². The lowest BCUT2D eigenvalue weighted by Crippen LogP contribution is -2.65. The molecule has 1 aromatic rings. The SMILES string of the molecule is C=C[C@](C)(CCC=C(C)C)O[C@@H]1O[C@H](CO)[C@@H](OC(=O)/C=C\c2ccccc2)[C@H](O[C@@H]2O[C@@H](C)[C@H](O)[C@@H](O)[C@H]2O)[C@H]1O. The smallest absolute Gasteiger partial charge is 0.331 e. The predicted octanol–water partition coefficient (Wildman–Crippen LogP) is 1.61. The lowest BCUT2D eigenvalue weighted by atomic mass is 9.95. The maximum atomic E-state index is 12.8. The van der Waals surface area contributed by atoms with Crippen LogP contribution in [0.15, 0.2) is 60.7 Å². The Bertz CT molecular complexity index is 1070. The molecule has 2 saturated heterocycles. The summed E-state index contributed by atoms with van der Waals surface area (Å²) in [5.41, 5.74) is 0.911. The van der Waals surface area contributed by atoms with Crippen LogP contribution in [0, 0.1) is 0 Å². The van der Waals surface area contributed by atoms with Gasteiger partial charge in [0.05, 0.1) is 18.3 Å². The van der Waals surface area contributed by atoms with Crippen LogP contribution in [0.3, 0.4) is 0 Å². The Kier molecular flexibility index (Phi) is 12.4. The maximum absolute atomic E-state index is 12.8. The summed E-state index contributed by atoms with van der Waals surface area (Å²) in [4.78, 5) is 12.8. The topological polar surface area (TPSA) is 164 Å². The van der Waals surface area contributed by atoms with Crippen molar-refractivity contribution in [2.24, 2.45) is 0 Å². The van der Waals surface area contributed by atoms with Crippen molar-refractivity contribution < 1.29 is 54.0 Å². The van der Waals surface area contributed by atoms with Crippen LogP contribution < -0.4 is 0 Å². The minimum absolute atomic E-state index is 0.498. The molecule has 0 unspecified atom stereocenters. The minimum atomic E-state index is -1.70. The predicted molar refractivity (Wildman–Crippen MR) is 153 cm³/mol. The van der Waals surface area contributed by atoms with E-state index in [1.54, 1.807) is 37.3 Å². The van der Waals surface area contributed by atoms with Crippen molar-refractivity contribution in [3.8, 4) is 0 Å².